The highest BCUT2D eigenvalue weighted by molar-refractivity contribution is 5.85. The molecule has 4 heterocycles. The highest BCUT2D eigenvalue weighted by Crippen LogP contribution is 2.39. The van der Waals surface area contributed by atoms with Gasteiger partial charge in [-0.3, -0.25) is 19.1 Å². The van der Waals surface area contributed by atoms with Crippen molar-refractivity contribution in [1.29, 1.82) is 5.26 Å². The molecular formula is C26H34N8O. The van der Waals surface area contributed by atoms with Gasteiger partial charge in [0.2, 0.25) is 0 Å². The molecule has 1 unspecified atom stereocenters. The molecule has 0 radical (unpaired) electrons. The fraction of sp³-hybridized carbons (Fsp3) is 0.577. The molecule has 1 aliphatic carbocycles. The molecule has 0 bridgehead atoms. The minimum absolute atomic E-state index is 0.135. The maximum atomic E-state index is 12.8. The van der Waals surface area contributed by atoms with Crippen LogP contribution >= 0.6 is 0 Å². The molecule has 0 spiro atoms. The second-order valence-corrected chi connectivity index (χ2v) is 9.94. The van der Waals surface area contributed by atoms with Gasteiger partial charge in [0.15, 0.2) is 11.3 Å². The molecule has 2 aliphatic rings. The summed E-state index contributed by atoms with van der Waals surface area (Å²) in [6, 6.07) is 7.34. The Morgan fingerprint density at radius 1 is 1.17 bits per heavy atom. The van der Waals surface area contributed by atoms with Crippen LogP contribution in [0.15, 0.2) is 29.3 Å². The molecule has 9 nitrogen and oxygen atoms in total. The first-order valence-corrected chi connectivity index (χ1v) is 12.7. The van der Waals surface area contributed by atoms with Gasteiger partial charge in [-0.2, -0.15) is 15.3 Å². The minimum atomic E-state index is -0.301. The van der Waals surface area contributed by atoms with Crippen molar-refractivity contribution >= 4 is 16.9 Å². The van der Waals surface area contributed by atoms with Gasteiger partial charge >= 0.3 is 5.69 Å². The lowest BCUT2D eigenvalue weighted by Crippen LogP contribution is -2.59. The number of piperazine rings is 1. The number of aryl methyl sites for hydroxylation is 1. The third kappa shape index (κ3) is 4.31. The number of hydrogen-bond donors (Lipinski definition) is 0. The van der Waals surface area contributed by atoms with Crippen molar-refractivity contribution in [2.75, 3.05) is 18.0 Å². The number of nitriles is 1. The van der Waals surface area contributed by atoms with Gasteiger partial charge in [0.25, 0.3) is 0 Å². The zero-order chi connectivity index (χ0) is 24.7. The lowest BCUT2D eigenvalue weighted by molar-refractivity contribution is 0.101. The van der Waals surface area contributed by atoms with E-state index in [0.29, 0.717) is 28.8 Å². The summed E-state index contributed by atoms with van der Waals surface area (Å²) in [5.74, 6) is 1.29. The van der Waals surface area contributed by atoms with E-state index in [2.05, 4.69) is 65.1 Å². The van der Waals surface area contributed by atoms with Crippen LogP contribution in [0.5, 0.6) is 0 Å². The Morgan fingerprint density at radius 3 is 2.57 bits per heavy atom. The van der Waals surface area contributed by atoms with Crippen LogP contribution < -0.4 is 10.6 Å². The number of nitrogens with zero attached hydrogens (tertiary/aromatic N) is 8. The van der Waals surface area contributed by atoms with E-state index in [1.165, 1.54) is 28.7 Å². The second kappa shape index (κ2) is 9.42. The van der Waals surface area contributed by atoms with Gasteiger partial charge in [-0.25, -0.2) is 4.79 Å². The fourth-order valence-electron chi connectivity index (χ4n) is 5.39. The number of pyridine rings is 1. The van der Waals surface area contributed by atoms with Crippen LogP contribution in [0.2, 0.25) is 0 Å². The zero-order valence-corrected chi connectivity index (χ0v) is 21.1. The quantitative estimate of drug-likeness (QED) is 0.518. The summed E-state index contributed by atoms with van der Waals surface area (Å²) in [7, 11) is 1.70. The van der Waals surface area contributed by atoms with Gasteiger partial charge < -0.3 is 4.90 Å². The van der Waals surface area contributed by atoms with E-state index in [1.807, 2.05) is 0 Å². The van der Waals surface area contributed by atoms with E-state index in [9.17, 15) is 4.79 Å². The van der Waals surface area contributed by atoms with Gasteiger partial charge in [0.1, 0.15) is 6.54 Å². The van der Waals surface area contributed by atoms with Crippen molar-refractivity contribution in [3.05, 3.63) is 46.3 Å². The van der Waals surface area contributed by atoms with Crippen molar-refractivity contribution in [3.8, 4) is 6.07 Å². The molecule has 1 saturated heterocycles. The Morgan fingerprint density at radius 2 is 1.94 bits per heavy atom. The highest BCUT2D eigenvalue weighted by atomic mass is 16.1. The molecule has 184 valence electrons. The predicted molar refractivity (Wildman–Crippen MR) is 135 cm³/mol. The Hall–Kier alpha value is -3.25. The highest BCUT2D eigenvalue weighted by Gasteiger charge is 2.37. The van der Waals surface area contributed by atoms with Gasteiger partial charge in [0, 0.05) is 56.1 Å². The van der Waals surface area contributed by atoms with Crippen LogP contribution in [0.4, 0.5) is 5.82 Å². The average Bonchev–Trinajstić information content (AvgIpc) is 3.65. The SMILES string of the molecule is CC[C@H]1CN(C(C)c2ccc(C3CC3)nc2)[C@H](CC)CN1c1nc(=O)n(C)c2cn(CC#N)nc12. The summed E-state index contributed by atoms with van der Waals surface area (Å²) in [4.78, 5) is 26.9. The summed E-state index contributed by atoms with van der Waals surface area (Å²) in [6.07, 6.45) is 8.26. The normalized spacial score (nSPS) is 21.9. The number of fused-ring (bicyclic) bond motifs is 1. The monoisotopic (exact) mass is 474 g/mol. The van der Waals surface area contributed by atoms with Crippen LogP contribution in [0.25, 0.3) is 11.0 Å². The lowest BCUT2D eigenvalue weighted by atomic mass is 9.97. The molecule has 3 aromatic rings. The van der Waals surface area contributed by atoms with Gasteiger partial charge in [0.05, 0.1) is 17.8 Å². The third-order valence-electron chi connectivity index (χ3n) is 7.77. The Labute approximate surface area is 206 Å². The zero-order valence-electron chi connectivity index (χ0n) is 21.1. The average molecular weight is 475 g/mol. The molecule has 0 aromatic carbocycles. The molecule has 9 heteroatoms. The van der Waals surface area contributed by atoms with Crippen molar-refractivity contribution < 1.29 is 0 Å². The summed E-state index contributed by atoms with van der Waals surface area (Å²) in [5, 5.41) is 13.8. The predicted octanol–water partition coefficient (Wildman–Crippen LogP) is 3.37. The molecule has 1 aliphatic heterocycles. The Kier molecular flexibility index (Phi) is 6.32. The molecule has 3 atom stereocenters. The first-order valence-electron chi connectivity index (χ1n) is 12.7. The maximum Gasteiger partial charge on any atom is 0.349 e. The maximum absolute atomic E-state index is 12.8. The number of anilines is 1. The van der Waals surface area contributed by atoms with E-state index in [-0.39, 0.29) is 24.3 Å². The van der Waals surface area contributed by atoms with Crippen molar-refractivity contribution in [2.24, 2.45) is 7.05 Å². The largest absolute Gasteiger partial charge is 0.349 e. The topological polar surface area (TPSA) is 95.9 Å². The van der Waals surface area contributed by atoms with Crippen molar-refractivity contribution in [3.63, 3.8) is 0 Å². The summed E-state index contributed by atoms with van der Waals surface area (Å²) < 4.78 is 3.10. The van der Waals surface area contributed by atoms with Crippen LogP contribution in [0, 0.1) is 11.3 Å². The summed E-state index contributed by atoms with van der Waals surface area (Å²) in [6.45, 7) is 8.46. The van der Waals surface area contributed by atoms with E-state index in [0.717, 1.165) is 25.9 Å². The van der Waals surface area contributed by atoms with E-state index >= 15 is 0 Å². The molecule has 2 fully saturated rings. The van der Waals surface area contributed by atoms with E-state index in [1.54, 1.807) is 17.9 Å². The second-order valence-electron chi connectivity index (χ2n) is 9.94. The lowest BCUT2D eigenvalue weighted by Gasteiger charge is -2.49. The number of rotatable bonds is 7. The van der Waals surface area contributed by atoms with Crippen LogP contribution in [-0.4, -0.2) is 54.4 Å². The smallest absolute Gasteiger partial charge is 0.349 e. The van der Waals surface area contributed by atoms with Gasteiger partial charge in [-0.1, -0.05) is 19.9 Å². The molecule has 35 heavy (non-hydrogen) atoms. The summed E-state index contributed by atoms with van der Waals surface area (Å²) >= 11 is 0. The number of hydrogen-bond acceptors (Lipinski definition) is 7. The first kappa shape index (κ1) is 23.5. The van der Waals surface area contributed by atoms with Crippen molar-refractivity contribution in [1.82, 2.24) is 29.2 Å². The molecule has 1 saturated carbocycles. The molecule has 3 aromatic heterocycles. The molecular weight excluding hydrogens is 440 g/mol. The molecule has 0 amide bonds. The first-order chi connectivity index (χ1) is 16.9. The standard InChI is InChI=1S/C26H34N8O/c1-5-20-15-34(25-24-23(31(4)26(35)29-25)16-32(30-24)12-11-27)21(6-2)14-33(20)17(3)19-9-10-22(28-13-19)18-7-8-18/h9-10,13,16-18,20-21H,5-8,12,14-15H2,1-4H3/t17?,20-,21+/m1/s1. The van der Waals surface area contributed by atoms with Crippen LogP contribution in [0.1, 0.15) is 69.7 Å². The van der Waals surface area contributed by atoms with E-state index in [4.69, 9.17) is 10.2 Å². The molecule has 5 rings (SSSR count). The van der Waals surface area contributed by atoms with Gasteiger partial charge in [-0.05, 0) is 44.2 Å². The Bertz CT molecular complexity index is 1300. The fourth-order valence-corrected chi connectivity index (χ4v) is 5.39. The summed E-state index contributed by atoms with van der Waals surface area (Å²) in [5.41, 5.74) is 3.55. The third-order valence-corrected chi connectivity index (χ3v) is 7.77. The van der Waals surface area contributed by atoms with E-state index < -0.39 is 0 Å². The van der Waals surface area contributed by atoms with Crippen molar-refractivity contribution in [2.45, 2.75) is 77.0 Å². The van der Waals surface area contributed by atoms with Crippen LogP contribution in [-0.2, 0) is 13.6 Å². The minimum Gasteiger partial charge on any atom is -0.349 e. The van der Waals surface area contributed by atoms with Gasteiger partial charge in [-0.15, -0.1) is 0 Å². The number of aromatic nitrogens is 5. The molecule has 0 N–H and O–H groups in total. The Balaban J connectivity index is 1.46. The van der Waals surface area contributed by atoms with Crippen LogP contribution in [0.3, 0.4) is 0 Å².